The van der Waals surface area contributed by atoms with Crippen molar-refractivity contribution in [1.82, 2.24) is 0 Å². The van der Waals surface area contributed by atoms with E-state index in [2.05, 4.69) is 48.1 Å². The molecule has 1 N–H and O–H groups in total. The van der Waals surface area contributed by atoms with E-state index < -0.39 is 6.10 Å². The summed E-state index contributed by atoms with van der Waals surface area (Å²) in [5, 5.41) is 11.2. The van der Waals surface area contributed by atoms with Crippen LogP contribution in [0.25, 0.3) is 0 Å². The fourth-order valence-corrected chi connectivity index (χ4v) is 5.53. The summed E-state index contributed by atoms with van der Waals surface area (Å²) >= 11 is 0. The second-order valence-corrected chi connectivity index (χ2v) is 9.43. The van der Waals surface area contributed by atoms with E-state index in [0.29, 0.717) is 18.6 Å². The van der Waals surface area contributed by atoms with Crippen LogP contribution in [0.1, 0.15) is 101 Å². The van der Waals surface area contributed by atoms with Gasteiger partial charge in [0, 0.05) is 24.2 Å². The highest BCUT2D eigenvalue weighted by Gasteiger charge is 2.43. The number of ketones is 1. The van der Waals surface area contributed by atoms with Crippen molar-refractivity contribution in [2.45, 2.75) is 89.6 Å². The number of aliphatic hydroxyl groups is 1. The fraction of sp³-hybridized carbons (Fsp3) is 0.630. The van der Waals surface area contributed by atoms with Gasteiger partial charge in [-0.3, -0.25) is 9.59 Å². The van der Waals surface area contributed by atoms with Gasteiger partial charge in [-0.1, -0.05) is 56.2 Å². The van der Waals surface area contributed by atoms with Crippen LogP contribution in [0.3, 0.4) is 0 Å². The summed E-state index contributed by atoms with van der Waals surface area (Å²) in [5.74, 6) is 0.404. The summed E-state index contributed by atoms with van der Waals surface area (Å²) in [7, 11) is 1.41. The van der Waals surface area contributed by atoms with Crippen LogP contribution < -0.4 is 0 Å². The number of esters is 1. The molecule has 2 aliphatic carbocycles. The van der Waals surface area contributed by atoms with E-state index >= 15 is 0 Å². The number of benzene rings is 1. The van der Waals surface area contributed by atoms with Gasteiger partial charge < -0.3 is 9.84 Å². The molecule has 3 rings (SSSR count). The molecule has 3 atom stereocenters. The van der Waals surface area contributed by atoms with E-state index in [0.717, 1.165) is 56.9 Å². The maximum atomic E-state index is 12.6. The Morgan fingerprint density at radius 3 is 2.81 bits per heavy atom. The molecule has 4 heteroatoms. The van der Waals surface area contributed by atoms with Crippen molar-refractivity contribution in [2.75, 3.05) is 7.11 Å². The first-order chi connectivity index (χ1) is 15.0. The molecule has 2 aliphatic rings. The third kappa shape index (κ3) is 5.65. The Morgan fingerprint density at radius 1 is 1.32 bits per heavy atom. The van der Waals surface area contributed by atoms with Gasteiger partial charge >= 0.3 is 5.97 Å². The van der Waals surface area contributed by atoms with Gasteiger partial charge in [0.15, 0.2) is 0 Å². The van der Waals surface area contributed by atoms with Crippen molar-refractivity contribution in [3.63, 3.8) is 0 Å². The predicted octanol–water partition coefficient (Wildman–Crippen LogP) is 6.04. The molecule has 0 aromatic heterocycles. The zero-order chi connectivity index (χ0) is 22.3. The van der Waals surface area contributed by atoms with Gasteiger partial charge in [-0.05, 0) is 62.0 Å². The second-order valence-electron chi connectivity index (χ2n) is 9.43. The first-order valence-electron chi connectivity index (χ1n) is 12.0. The summed E-state index contributed by atoms with van der Waals surface area (Å²) in [4.78, 5) is 23.8. The topological polar surface area (TPSA) is 63.6 Å². The highest BCUT2D eigenvalue weighted by molar-refractivity contribution is 5.84. The molecule has 0 bridgehead atoms. The maximum Gasteiger partial charge on any atom is 0.305 e. The standard InChI is InChI=1S/C27H38O4/c1-3-16-27(17-9-18-27)26(30)21-11-8-10-20(19-21)22-14-15-24(28)23(22)12-6-4-5-7-13-25(29)31-2/h4,6,8,10-11,19,22-23,26,30H,3,5,7,9,12-18H2,1-2H3/t22-,23-,26+/m1/s1. The SMILES string of the molecule is CCCC1([C@@H](O)c2cccc([C@H]3CCC(=O)[C@@H]3CC=CCCCC(=O)OC)c2)CCC1. The number of allylic oxidation sites excluding steroid dienone is 2. The number of methoxy groups -OCH3 is 1. The van der Waals surface area contributed by atoms with Crippen molar-refractivity contribution in [2.24, 2.45) is 11.3 Å². The smallest absolute Gasteiger partial charge is 0.305 e. The number of hydrogen-bond donors (Lipinski definition) is 1. The van der Waals surface area contributed by atoms with Crippen LogP contribution in [0.4, 0.5) is 0 Å². The molecule has 4 nitrogen and oxygen atoms in total. The fourth-order valence-electron chi connectivity index (χ4n) is 5.53. The van der Waals surface area contributed by atoms with E-state index in [1.165, 1.54) is 19.1 Å². The molecule has 0 amide bonds. The molecule has 170 valence electrons. The lowest BCUT2D eigenvalue weighted by Crippen LogP contribution is -2.36. The molecule has 0 radical (unpaired) electrons. The zero-order valence-electron chi connectivity index (χ0n) is 19.1. The Bertz CT molecular complexity index is 777. The van der Waals surface area contributed by atoms with Crippen LogP contribution in [0.5, 0.6) is 0 Å². The Morgan fingerprint density at radius 2 is 2.13 bits per heavy atom. The van der Waals surface area contributed by atoms with Gasteiger partial charge in [0.1, 0.15) is 5.78 Å². The average Bonchev–Trinajstić information content (AvgIpc) is 3.13. The van der Waals surface area contributed by atoms with Gasteiger partial charge in [0.05, 0.1) is 13.2 Å². The van der Waals surface area contributed by atoms with E-state index in [-0.39, 0.29) is 23.2 Å². The predicted molar refractivity (Wildman–Crippen MR) is 123 cm³/mol. The molecular formula is C27H38O4. The van der Waals surface area contributed by atoms with E-state index in [1.807, 2.05) is 0 Å². The van der Waals surface area contributed by atoms with Crippen LogP contribution in [-0.2, 0) is 14.3 Å². The van der Waals surface area contributed by atoms with Crippen LogP contribution in [0.15, 0.2) is 36.4 Å². The first-order valence-corrected chi connectivity index (χ1v) is 12.0. The number of carbonyl (C=O) groups is 2. The summed E-state index contributed by atoms with van der Waals surface area (Å²) < 4.78 is 4.66. The Labute approximate surface area is 187 Å². The van der Waals surface area contributed by atoms with Crippen molar-refractivity contribution >= 4 is 11.8 Å². The van der Waals surface area contributed by atoms with Gasteiger partial charge in [-0.15, -0.1) is 0 Å². The number of ether oxygens (including phenoxy) is 1. The lowest BCUT2D eigenvalue weighted by atomic mass is 9.61. The molecule has 1 aromatic carbocycles. The molecule has 2 fully saturated rings. The van der Waals surface area contributed by atoms with Gasteiger partial charge in [0.25, 0.3) is 0 Å². The maximum absolute atomic E-state index is 12.6. The number of aliphatic hydroxyl groups excluding tert-OH is 1. The third-order valence-corrected chi connectivity index (χ3v) is 7.47. The second kappa shape index (κ2) is 11.1. The highest BCUT2D eigenvalue weighted by Crippen LogP contribution is 2.53. The number of unbranched alkanes of at least 4 members (excludes halogenated alkanes) is 1. The molecule has 0 saturated heterocycles. The summed E-state index contributed by atoms with van der Waals surface area (Å²) in [6, 6.07) is 8.39. The minimum Gasteiger partial charge on any atom is -0.469 e. The van der Waals surface area contributed by atoms with Crippen LogP contribution in [0, 0.1) is 11.3 Å². The quantitative estimate of drug-likeness (QED) is 0.266. The normalized spacial score (nSPS) is 23.6. The van der Waals surface area contributed by atoms with Gasteiger partial charge in [-0.2, -0.15) is 0 Å². The molecule has 2 saturated carbocycles. The zero-order valence-corrected chi connectivity index (χ0v) is 19.1. The van der Waals surface area contributed by atoms with Crippen molar-refractivity contribution in [3.8, 4) is 0 Å². The van der Waals surface area contributed by atoms with Crippen molar-refractivity contribution in [1.29, 1.82) is 0 Å². The average molecular weight is 427 g/mol. The Hall–Kier alpha value is -1.94. The molecule has 31 heavy (non-hydrogen) atoms. The summed E-state index contributed by atoms with van der Waals surface area (Å²) in [6.07, 6.45) is 13.7. The van der Waals surface area contributed by atoms with Crippen molar-refractivity contribution < 1.29 is 19.4 Å². The molecule has 0 spiro atoms. The molecule has 0 unspecified atom stereocenters. The molecular weight excluding hydrogens is 388 g/mol. The minimum atomic E-state index is -0.411. The van der Waals surface area contributed by atoms with E-state index in [1.54, 1.807) is 0 Å². The number of Topliss-reactive ketones (excluding diaryl/α,β-unsaturated/α-hetero) is 1. The molecule has 0 aliphatic heterocycles. The van der Waals surface area contributed by atoms with E-state index in [4.69, 9.17) is 0 Å². The molecule has 1 aromatic rings. The van der Waals surface area contributed by atoms with Gasteiger partial charge in [0.2, 0.25) is 0 Å². The Balaban J connectivity index is 1.63. The monoisotopic (exact) mass is 426 g/mol. The minimum absolute atomic E-state index is 0.0116. The number of carbonyl (C=O) groups excluding carboxylic acids is 2. The van der Waals surface area contributed by atoms with Crippen molar-refractivity contribution in [3.05, 3.63) is 47.5 Å². The third-order valence-electron chi connectivity index (χ3n) is 7.47. The molecule has 0 heterocycles. The lowest BCUT2D eigenvalue weighted by Gasteiger charge is -2.46. The largest absolute Gasteiger partial charge is 0.469 e. The lowest BCUT2D eigenvalue weighted by molar-refractivity contribution is -0.140. The number of rotatable bonds is 11. The number of hydrogen-bond acceptors (Lipinski definition) is 4. The summed E-state index contributed by atoms with van der Waals surface area (Å²) in [5.41, 5.74) is 2.25. The van der Waals surface area contributed by atoms with Gasteiger partial charge in [-0.25, -0.2) is 0 Å². The summed E-state index contributed by atoms with van der Waals surface area (Å²) in [6.45, 7) is 2.20. The highest BCUT2D eigenvalue weighted by atomic mass is 16.5. The first kappa shape index (κ1) is 23.7. The Kier molecular flexibility index (Phi) is 8.48. The van der Waals surface area contributed by atoms with Crippen LogP contribution in [-0.4, -0.2) is 24.0 Å². The van der Waals surface area contributed by atoms with Crippen LogP contribution in [0.2, 0.25) is 0 Å². The van der Waals surface area contributed by atoms with Crippen LogP contribution >= 0.6 is 0 Å². The van der Waals surface area contributed by atoms with E-state index in [9.17, 15) is 14.7 Å².